The van der Waals surface area contributed by atoms with Gasteiger partial charge in [0.05, 0.1) is 31.7 Å². The van der Waals surface area contributed by atoms with Crippen LogP contribution >= 0.6 is 0 Å². The highest BCUT2D eigenvalue weighted by molar-refractivity contribution is 7.92. The van der Waals surface area contributed by atoms with Crippen LogP contribution in [-0.4, -0.2) is 58.4 Å². The third-order valence-electron chi connectivity index (χ3n) is 6.09. The number of aromatic nitrogens is 4. The van der Waals surface area contributed by atoms with Crippen molar-refractivity contribution >= 4 is 38.7 Å². The van der Waals surface area contributed by atoms with Gasteiger partial charge in [0.15, 0.2) is 28.6 Å². The van der Waals surface area contributed by atoms with Gasteiger partial charge in [-0.25, -0.2) is 28.4 Å². The van der Waals surface area contributed by atoms with Crippen LogP contribution in [0, 0.1) is 11.8 Å². The van der Waals surface area contributed by atoms with Crippen molar-refractivity contribution in [3.8, 4) is 17.2 Å². The van der Waals surface area contributed by atoms with Gasteiger partial charge in [-0.3, -0.25) is 9.29 Å². The Morgan fingerprint density at radius 2 is 2.08 bits per heavy atom. The SMILES string of the molecule is CCOC1=NC(c2nc3ncc(NS(=O)(=O)CC4CC(C)C4)nc3n2-c2c(O)cccc2OC)=C=C=C1. The van der Waals surface area contributed by atoms with Gasteiger partial charge in [0.25, 0.3) is 0 Å². The molecule has 1 aliphatic carbocycles. The number of imidazole rings is 1. The Morgan fingerprint density at radius 1 is 1.27 bits per heavy atom. The van der Waals surface area contributed by atoms with Crippen LogP contribution in [0.3, 0.4) is 0 Å². The van der Waals surface area contributed by atoms with Crippen LogP contribution in [0.5, 0.6) is 11.5 Å². The zero-order valence-corrected chi connectivity index (χ0v) is 21.4. The van der Waals surface area contributed by atoms with E-state index in [0.717, 1.165) is 12.8 Å². The van der Waals surface area contributed by atoms with E-state index in [1.54, 1.807) is 18.2 Å². The molecule has 1 aliphatic heterocycles. The summed E-state index contributed by atoms with van der Waals surface area (Å²) in [6.07, 6.45) is 4.63. The summed E-state index contributed by atoms with van der Waals surface area (Å²) < 4.78 is 40.6. The van der Waals surface area contributed by atoms with Crippen molar-refractivity contribution in [2.75, 3.05) is 24.2 Å². The zero-order valence-electron chi connectivity index (χ0n) is 20.6. The number of nitrogens with one attached hydrogen (secondary N) is 1. The molecule has 0 bridgehead atoms. The Kier molecular flexibility index (Phi) is 6.47. The van der Waals surface area contributed by atoms with Crippen LogP contribution in [0.2, 0.25) is 0 Å². The van der Waals surface area contributed by atoms with Gasteiger partial charge in [0.1, 0.15) is 17.2 Å². The molecule has 0 spiro atoms. The Hall–Kier alpha value is -4.11. The lowest BCUT2D eigenvalue weighted by molar-refractivity contribution is 0.235. The predicted octanol–water partition coefficient (Wildman–Crippen LogP) is 3.42. The number of fused-ring (bicyclic) bond motifs is 1. The van der Waals surface area contributed by atoms with E-state index in [4.69, 9.17) is 9.47 Å². The minimum Gasteiger partial charge on any atom is -0.506 e. The minimum atomic E-state index is -3.64. The van der Waals surface area contributed by atoms with E-state index in [0.29, 0.717) is 24.2 Å². The number of anilines is 1. The average Bonchev–Trinajstić information content (AvgIpc) is 3.21. The zero-order chi connectivity index (χ0) is 26.2. The van der Waals surface area contributed by atoms with Crippen LogP contribution < -0.4 is 9.46 Å². The molecular formula is C25H26N6O5S. The van der Waals surface area contributed by atoms with Crippen molar-refractivity contribution in [1.82, 2.24) is 19.5 Å². The second-order valence-corrected chi connectivity index (χ2v) is 10.7. The summed E-state index contributed by atoms with van der Waals surface area (Å²) in [7, 11) is -2.17. The second-order valence-electron chi connectivity index (χ2n) is 8.97. The van der Waals surface area contributed by atoms with Gasteiger partial charge in [-0.15, -0.1) is 0 Å². The molecule has 0 saturated heterocycles. The van der Waals surface area contributed by atoms with E-state index in [1.165, 1.54) is 23.9 Å². The van der Waals surface area contributed by atoms with E-state index in [9.17, 15) is 13.5 Å². The van der Waals surface area contributed by atoms with Gasteiger partial charge in [-0.1, -0.05) is 18.7 Å². The summed E-state index contributed by atoms with van der Waals surface area (Å²) >= 11 is 0. The smallest absolute Gasteiger partial charge is 0.234 e. The van der Waals surface area contributed by atoms with E-state index < -0.39 is 10.0 Å². The van der Waals surface area contributed by atoms with Crippen molar-refractivity contribution in [3.05, 3.63) is 47.8 Å². The fraction of sp³-hybridized carbons (Fsp3) is 0.360. The van der Waals surface area contributed by atoms with E-state index in [2.05, 4.69) is 43.1 Å². The first kappa shape index (κ1) is 24.6. The number of hydrogen-bond acceptors (Lipinski definition) is 9. The summed E-state index contributed by atoms with van der Waals surface area (Å²) in [4.78, 5) is 17.9. The summed E-state index contributed by atoms with van der Waals surface area (Å²) in [5.74, 6) is 1.50. The van der Waals surface area contributed by atoms with Crippen molar-refractivity contribution in [2.24, 2.45) is 16.8 Å². The number of hydrogen-bond donors (Lipinski definition) is 2. The maximum Gasteiger partial charge on any atom is 0.234 e. The first-order chi connectivity index (χ1) is 17.8. The largest absolute Gasteiger partial charge is 0.506 e. The molecule has 192 valence electrons. The van der Waals surface area contributed by atoms with Gasteiger partial charge in [-0.05, 0) is 49.5 Å². The molecule has 1 fully saturated rings. The molecule has 1 aromatic carbocycles. The number of para-hydroxylation sites is 1. The van der Waals surface area contributed by atoms with E-state index in [-0.39, 0.29) is 51.7 Å². The van der Waals surface area contributed by atoms with E-state index >= 15 is 0 Å². The van der Waals surface area contributed by atoms with Crippen molar-refractivity contribution < 1.29 is 23.0 Å². The molecule has 11 nitrogen and oxygen atoms in total. The van der Waals surface area contributed by atoms with E-state index in [1.807, 2.05) is 6.92 Å². The monoisotopic (exact) mass is 522 g/mol. The standard InChI is InChI=1S/C25H26N6O5S/c1-4-36-21-10-5-7-17(27-21)24-29-23-25(31(24)22-18(32)8-6-9-19(22)35-3)28-20(13-26-23)30-37(33,34)14-16-11-15(2)12-16/h6,8-10,13,15-16,32H,4,11-12,14H2,1-3H3,(H,28,30). The highest BCUT2D eigenvalue weighted by Gasteiger charge is 2.30. The molecule has 3 heterocycles. The van der Waals surface area contributed by atoms with Gasteiger partial charge in [0.2, 0.25) is 15.9 Å². The number of benzene rings is 1. The molecule has 0 unspecified atom stereocenters. The van der Waals surface area contributed by atoms with Crippen LogP contribution in [0.25, 0.3) is 22.7 Å². The van der Waals surface area contributed by atoms with Crippen LogP contribution in [-0.2, 0) is 14.8 Å². The predicted molar refractivity (Wildman–Crippen MR) is 138 cm³/mol. The maximum atomic E-state index is 12.8. The highest BCUT2D eigenvalue weighted by Crippen LogP contribution is 2.37. The molecule has 0 radical (unpaired) electrons. The molecule has 1 saturated carbocycles. The lowest BCUT2D eigenvalue weighted by atomic mass is 9.77. The number of aliphatic imine (C=N–C) groups is 1. The third kappa shape index (κ3) is 4.95. The van der Waals surface area contributed by atoms with Crippen molar-refractivity contribution in [3.63, 3.8) is 0 Å². The molecule has 2 N–H and O–H groups in total. The lowest BCUT2D eigenvalue weighted by Crippen LogP contribution is -2.31. The molecule has 3 aromatic rings. The fourth-order valence-corrected chi connectivity index (χ4v) is 5.95. The Labute approximate surface area is 214 Å². The van der Waals surface area contributed by atoms with Gasteiger partial charge >= 0.3 is 0 Å². The molecule has 5 rings (SSSR count). The summed E-state index contributed by atoms with van der Waals surface area (Å²) in [5.41, 5.74) is 6.66. The lowest BCUT2D eigenvalue weighted by Gasteiger charge is -2.32. The molecule has 37 heavy (non-hydrogen) atoms. The quantitative estimate of drug-likeness (QED) is 0.429. The van der Waals surface area contributed by atoms with Gasteiger partial charge < -0.3 is 14.6 Å². The summed E-state index contributed by atoms with van der Waals surface area (Å²) in [6, 6.07) is 4.80. The Bertz CT molecular complexity index is 1610. The van der Waals surface area contributed by atoms with Gasteiger partial charge in [-0.2, -0.15) is 0 Å². The number of rotatable bonds is 8. The molecular weight excluding hydrogens is 496 g/mol. The number of phenols is 1. The normalized spacial score (nSPS) is 18.8. The first-order valence-corrected chi connectivity index (χ1v) is 13.5. The Morgan fingerprint density at radius 3 is 2.81 bits per heavy atom. The van der Waals surface area contributed by atoms with Gasteiger partial charge in [0, 0.05) is 0 Å². The number of ether oxygens (including phenoxy) is 2. The third-order valence-corrected chi connectivity index (χ3v) is 7.52. The first-order valence-electron chi connectivity index (χ1n) is 11.8. The molecule has 2 aliphatic rings. The summed E-state index contributed by atoms with van der Waals surface area (Å²) in [5, 5.41) is 10.8. The maximum absolute atomic E-state index is 12.8. The average molecular weight is 523 g/mol. The molecule has 0 atom stereocenters. The molecule has 0 amide bonds. The van der Waals surface area contributed by atoms with Crippen LogP contribution in [0.1, 0.15) is 32.5 Å². The van der Waals surface area contributed by atoms with Crippen LogP contribution in [0.4, 0.5) is 5.82 Å². The van der Waals surface area contributed by atoms with Crippen molar-refractivity contribution in [2.45, 2.75) is 26.7 Å². The van der Waals surface area contributed by atoms with Crippen molar-refractivity contribution in [1.29, 1.82) is 0 Å². The minimum absolute atomic E-state index is 0.0216. The second kappa shape index (κ2) is 9.74. The number of nitrogens with zero attached hydrogens (tertiary/aromatic N) is 5. The molecule has 12 heteroatoms. The number of phenolic OH excluding ortho intramolecular Hbond substituents is 1. The molecule has 2 aromatic heterocycles. The Balaban J connectivity index is 1.65. The number of aromatic hydroxyl groups is 1. The summed E-state index contributed by atoms with van der Waals surface area (Å²) in [6.45, 7) is 4.35. The number of sulfonamides is 1. The number of methoxy groups -OCH3 is 1. The highest BCUT2D eigenvalue weighted by atomic mass is 32.2. The van der Waals surface area contributed by atoms with Crippen LogP contribution in [0.15, 0.2) is 46.9 Å². The fourth-order valence-electron chi connectivity index (χ4n) is 4.55. The topological polar surface area (TPSA) is 141 Å².